The first-order valence-electron chi connectivity index (χ1n) is 10.8. The van der Waals surface area contributed by atoms with E-state index in [1.54, 1.807) is 0 Å². The van der Waals surface area contributed by atoms with E-state index in [4.69, 9.17) is 11.6 Å². The van der Waals surface area contributed by atoms with Crippen LogP contribution >= 0.6 is 11.6 Å². The molecule has 0 radical (unpaired) electrons. The number of anilines is 1. The van der Waals surface area contributed by atoms with Crippen LogP contribution in [0.15, 0.2) is 84.9 Å². The Bertz CT molecular complexity index is 1140. The maximum Gasteiger partial charge on any atom is 0.253 e. The molecule has 1 aliphatic carbocycles. The molecule has 4 heteroatoms. The van der Waals surface area contributed by atoms with Gasteiger partial charge in [-0.3, -0.25) is 4.79 Å². The molecule has 1 heterocycles. The minimum Gasteiger partial charge on any atom is -0.377 e. The normalized spacial score (nSPS) is 22.2. The van der Waals surface area contributed by atoms with E-state index in [0.29, 0.717) is 11.5 Å². The summed E-state index contributed by atoms with van der Waals surface area (Å²) in [6, 6.07) is 24.0. The zero-order chi connectivity index (χ0) is 21.4. The standard InChI is InChI=1S/C27H25ClN2O/c1-17(18-9-3-2-4-10-18)29-27(31)23-15-8-14-21-19-12-7-13-20(19)25(30-26(21)23)22-11-5-6-16-24(22)28/h2-12,14-17,19-20,25,30H,13H2,1H3,(H,29,31). The second-order valence-corrected chi connectivity index (χ2v) is 8.78. The highest BCUT2D eigenvalue weighted by atomic mass is 35.5. The Balaban J connectivity index is 1.50. The van der Waals surface area contributed by atoms with Gasteiger partial charge in [-0.05, 0) is 48.1 Å². The maximum absolute atomic E-state index is 13.3. The van der Waals surface area contributed by atoms with E-state index in [0.717, 1.165) is 28.3 Å². The van der Waals surface area contributed by atoms with Crippen LogP contribution in [0.2, 0.25) is 5.02 Å². The summed E-state index contributed by atoms with van der Waals surface area (Å²) in [6.45, 7) is 2.01. The first-order chi connectivity index (χ1) is 15.1. The summed E-state index contributed by atoms with van der Waals surface area (Å²) in [4.78, 5) is 13.3. The number of amides is 1. The lowest BCUT2D eigenvalue weighted by Crippen LogP contribution is -2.33. The van der Waals surface area contributed by atoms with Gasteiger partial charge in [0.1, 0.15) is 0 Å². The Kier molecular flexibility index (Phi) is 5.29. The van der Waals surface area contributed by atoms with Crippen molar-refractivity contribution < 1.29 is 4.79 Å². The number of carbonyl (C=O) groups excluding carboxylic acids is 1. The highest BCUT2D eigenvalue weighted by molar-refractivity contribution is 6.31. The Morgan fingerprint density at radius 3 is 2.55 bits per heavy atom. The molecule has 3 aromatic rings. The second kappa shape index (κ2) is 8.24. The van der Waals surface area contributed by atoms with Crippen molar-refractivity contribution in [1.29, 1.82) is 0 Å². The smallest absolute Gasteiger partial charge is 0.253 e. The molecule has 0 saturated heterocycles. The average Bonchev–Trinajstić information content (AvgIpc) is 3.29. The fraction of sp³-hybridized carbons (Fsp3) is 0.222. The Morgan fingerprint density at radius 1 is 1.00 bits per heavy atom. The van der Waals surface area contributed by atoms with Gasteiger partial charge in [-0.1, -0.05) is 84.4 Å². The first kappa shape index (κ1) is 19.9. The zero-order valence-corrected chi connectivity index (χ0v) is 18.1. The van der Waals surface area contributed by atoms with E-state index in [-0.39, 0.29) is 23.9 Å². The lowest BCUT2D eigenvalue weighted by atomic mass is 9.76. The number of fused-ring (bicyclic) bond motifs is 3. The topological polar surface area (TPSA) is 41.1 Å². The van der Waals surface area contributed by atoms with Gasteiger partial charge in [-0.2, -0.15) is 0 Å². The number of allylic oxidation sites excluding steroid dienone is 2. The molecule has 156 valence electrons. The van der Waals surface area contributed by atoms with Crippen molar-refractivity contribution in [2.45, 2.75) is 31.3 Å². The van der Waals surface area contributed by atoms with Crippen molar-refractivity contribution in [3.05, 3.63) is 112 Å². The molecule has 4 atom stereocenters. The van der Waals surface area contributed by atoms with Gasteiger partial charge in [-0.15, -0.1) is 0 Å². The van der Waals surface area contributed by atoms with Crippen molar-refractivity contribution in [3.63, 3.8) is 0 Å². The molecule has 2 N–H and O–H groups in total. The Morgan fingerprint density at radius 2 is 1.74 bits per heavy atom. The quantitative estimate of drug-likeness (QED) is 0.456. The van der Waals surface area contributed by atoms with E-state index in [9.17, 15) is 4.79 Å². The lowest BCUT2D eigenvalue weighted by molar-refractivity contribution is 0.0940. The van der Waals surface area contributed by atoms with Crippen LogP contribution < -0.4 is 10.6 Å². The monoisotopic (exact) mass is 428 g/mol. The fourth-order valence-corrected chi connectivity index (χ4v) is 5.20. The van der Waals surface area contributed by atoms with Gasteiger partial charge in [-0.25, -0.2) is 0 Å². The summed E-state index contributed by atoms with van der Waals surface area (Å²) in [5, 5.41) is 7.63. The van der Waals surface area contributed by atoms with Gasteiger partial charge in [0.25, 0.3) is 5.91 Å². The summed E-state index contributed by atoms with van der Waals surface area (Å²) >= 11 is 6.57. The highest BCUT2D eigenvalue weighted by Crippen LogP contribution is 2.51. The molecule has 4 unspecified atom stereocenters. The number of carbonyl (C=O) groups is 1. The van der Waals surface area contributed by atoms with E-state index >= 15 is 0 Å². The Hall–Kier alpha value is -3.04. The summed E-state index contributed by atoms with van der Waals surface area (Å²) in [7, 11) is 0. The van der Waals surface area contributed by atoms with Crippen LogP contribution in [0.5, 0.6) is 0 Å². The number of hydrogen-bond donors (Lipinski definition) is 2. The van der Waals surface area contributed by atoms with E-state index in [2.05, 4.69) is 34.9 Å². The third-order valence-electron chi connectivity index (χ3n) is 6.53. The van der Waals surface area contributed by atoms with Crippen LogP contribution in [-0.4, -0.2) is 5.91 Å². The van der Waals surface area contributed by atoms with Crippen LogP contribution in [0, 0.1) is 5.92 Å². The SMILES string of the molecule is CC(NC(=O)c1cccc2c1NC(c1ccccc1Cl)C1CC=CC21)c1ccccc1. The van der Waals surface area contributed by atoms with E-state index in [1.165, 1.54) is 5.56 Å². The Labute approximate surface area is 188 Å². The predicted octanol–water partition coefficient (Wildman–Crippen LogP) is 6.66. The molecule has 0 spiro atoms. The molecule has 1 amide bonds. The minimum absolute atomic E-state index is 0.0571. The van der Waals surface area contributed by atoms with Gasteiger partial charge in [0, 0.05) is 10.9 Å². The molecule has 3 nitrogen and oxygen atoms in total. The number of hydrogen-bond acceptors (Lipinski definition) is 2. The summed E-state index contributed by atoms with van der Waals surface area (Å²) < 4.78 is 0. The fourth-order valence-electron chi connectivity index (χ4n) is 4.95. The molecule has 3 aromatic carbocycles. The number of para-hydroxylation sites is 1. The van der Waals surface area contributed by atoms with Crippen LogP contribution in [0.4, 0.5) is 5.69 Å². The average molecular weight is 429 g/mol. The first-order valence-corrected chi connectivity index (χ1v) is 11.2. The van der Waals surface area contributed by atoms with E-state index in [1.807, 2.05) is 67.6 Å². The predicted molar refractivity (Wildman–Crippen MR) is 127 cm³/mol. The van der Waals surface area contributed by atoms with Crippen molar-refractivity contribution >= 4 is 23.2 Å². The third-order valence-corrected chi connectivity index (χ3v) is 6.87. The van der Waals surface area contributed by atoms with Gasteiger partial charge in [0.05, 0.1) is 23.3 Å². The third kappa shape index (κ3) is 3.64. The second-order valence-electron chi connectivity index (χ2n) is 8.37. The van der Waals surface area contributed by atoms with Crippen molar-refractivity contribution in [3.8, 4) is 0 Å². The molecule has 0 fully saturated rings. The van der Waals surface area contributed by atoms with Crippen molar-refractivity contribution in [1.82, 2.24) is 5.32 Å². The lowest BCUT2D eigenvalue weighted by Gasteiger charge is -2.38. The highest BCUT2D eigenvalue weighted by Gasteiger charge is 2.39. The van der Waals surface area contributed by atoms with Gasteiger partial charge >= 0.3 is 0 Å². The summed E-state index contributed by atoms with van der Waals surface area (Å²) in [5.41, 5.74) is 4.94. The zero-order valence-electron chi connectivity index (χ0n) is 17.4. The molecular formula is C27H25ClN2O. The summed E-state index contributed by atoms with van der Waals surface area (Å²) in [6.07, 6.45) is 5.52. The molecule has 0 bridgehead atoms. The minimum atomic E-state index is -0.0772. The number of rotatable bonds is 4. The number of benzene rings is 3. The molecule has 31 heavy (non-hydrogen) atoms. The van der Waals surface area contributed by atoms with Crippen LogP contribution in [-0.2, 0) is 0 Å². The van der Waals surface area contributed by atoms with Gasteiger partial charge in [0.2, 0.25) is 0 Å². The molecular weight excluding hydrogens is 404 g/mol. The van der Waals surface area contributed by atoms with Gasteiger partial charge < -0.3 is 10.6 Å². The van der Waals surface area contributed by atoms with Crippen LogP contribution in [0.1, 0.15) is 58.4 Å². The number of halogens is 1. The molecule has 2 aliphatic rings. The molecule has 5 rings (SSSR count). The largest absolute Gasteiger partial charge is 0.377 e. The molecule has 0 aromatic heterocycles. The molecule has 1 aliphatic heterocycles. The van der Waals surface area contributed by atoms with Crippen LogP contribution in [0.3, 0.4) is 0 Å². The van der Waals surface area contributed by atoms with Gasteiger partial charge in [0.15, 0.2) is 0 Å². The van der Waals surface area contributed by atoms with Crippen molar-refractivity contribution in [2.75, 3.05) is 5.32 Å². The van der Waals surface area contributed by atoms with Crippen molar-refractivity contribution in [2.24, 2.45) is 5.92 Å². The number of nitrogens with one attached hydrogen (secondary N) is 2. The van der Waals surface area contributed by atoms with Crippen LogP contribution in [0.25, 0.3) is 0 Å². The summed E-state index contributed by atoms with van der Waals surface area (Å²) in [5.74, 6) is 0.588. The molecule has 0 saturated carbocycles. The van der Waals surface area contributed by atoms with E-state index < -0.39 is 0 Å². The maximum atomic E-state index is 13.3.